The maximum Gasteiger partial charge on any atom is 0.150 e. The Kier molecular flexibility index (Phi) is 5.31. The van der Waals surface area contributed by atoms with E-state index in [1.165, 1.54) is 6.33 Å². The Hall–Kier alpha value is -3.58. The third-order valence-electron chi connectivity index (χ3n) is 4.71. The average Bonchev–Trinajstić information content (AvgIpc) is 3.15. The van der Waals surface area contributed by atoms with Crippen LogP contribution in [0.15, 0.2) is 61.1 Å². The highest BCUT2D eigenvalue weighted by Gasteiger charge is 2.16. The van der Waals surface area contributed by atoms with Crippen LogP contribution in [0.1, 0.15) is 6.42 Å². The first kappa shape index (κ1) is 18.8. The van der Waals surface area contributed by atoms with Crippen LogP contribution in [0.4, 0.5) is 5.82 Å². The molecule has 0 saturated heterocycles. The Labute approximate surface area is 168 Å². The molecule has 0 aliphatic rings. The molecule has 4 aromatic rings. The molecule has 0 fully saturated rings. The van der Waals surface area contributed by atoms with Gasteiger partial charge in [-0.25, -0.2) is 9.97 Å². The second-order valence-electron chi connectivity index (χ2n) is 6.59. The lowest BCUT2D eigenvalue weighted by molar-refractivity contribution is 0.313. The summed E-state index contributed by atoms with van der Waals surface area (Å²) in [5, 5.41) is 0.801. The molecule has 29 heavy (non-hydrogen) atoms. The second-order valence-corrected chi connectivity index (χ2v) is 6.59. The van der Waals surface area contributed by atoms with E-state index in [1.807, 2.05) is 59.3 Å². The fourth-order valence-corrected chi connectivity index (χ4v) is 3.29. The number of ether oxygens (including phenoxy) is 2. The van der Waals surface area contributed by atoms with Gasteiger partial charge in [-0.3, -0.25) is 0 Å². The largest absolute Gasteiger partial charge is 0.497 e. The van der Waals surface area contributed by atoms with Crippen molar-refractivity contribution >= 4 is 16.9 Å². The highest BCUT2D eigenvalue weighted by molar-refractivity contribution is 6.01. The molecule has 2 aromatic carbocycles. The molecule has 0 unspecified atom stereocenters. The Morgan fingerprint density at radius 2 is 1.86 bits per heavy atom. The first-order valence-corrected chi connectivity index (χ1v) is 9.40. The number of hydrogen-bond acceptors (Lipinski definition) is 6. The summed E-state index contributed by atoms with van der Waals surface area (Å²) < 4.78 is 13.2. The van der Waals surface area contributed by atoms with Crippen molar-refractivity contribution < 1.29 is 9.47 Å². The molecule has 0 spiro atoms. The predicted octanol–water partition coefficient (Wildman–Crippen LogP) is 3.41. The number of nitrogens with zero attached hydrogens (tertiary/aromatic N) is 3. The molecule has 4 rings (SSSR count). The van der Waals surface area contributed by atoms with Gasteiger partial charge in [0.25, 0.3) is 0 Å². The molecule has 0 saturated carbocycles. The molecular formula is C22H23N5O2. The van der Waals surface area contributed by atoms with Crippen LogP contribution >= 0.6 is 0 Å². The highest BCUT2D eigenvalue weighted by Crippen LogP contribution is 2.35. The molecule has 0 amide bonds. The standard InChI is InChI=1S/C22H23N5O2/c1-28-17-7-2-5-15(11-17)19-13-27(22-20(19)21(24)25-14-26-22)16-6-3-8-18(12-16)29-10-4-9-23/h2-3,5-8,11-14H,4,9-10,23H2,1H3,(H2,24,25,26). The first-order valence-electron chi connectivity index (χ1n) is 9.40. The summed E-state index contributed by atoms with van der Waals surface area (Å²) in [6.07, 6.45) is 4.30. The minimum absolute atomic E-state index is 0.432. The number of nitrogens with two attached hydrogens (primary N) is 2. The number of rotatable bonds is 7. The normalized spacial score (nSPS) is 11.0. The van der Waals surface area contributed by atoms with Crippen LogP contribution in [0.5, 0.6) is 11.5 Å². The van der Waals surface area contributed by atoms with Crippen molar-refractivity contribution in [3.05, 3.63) is 61.1 Å². The summed E-state index contributed by atoms with van der Waals surface area (Å²) in [5.74, 6) is 1.99. The predicted molar refractivity (Wildman–Crippen MR) is 114 cm³/mol. The fraction of sp³-hybridized carbons (Fsp3) is 0.182. The van der Waals surface area contributed by atoms with Gasteiger partial charge in [-0.2, -0.15) is 0 Å². The Bertz CT molecular complexity index is 1140. The zero-order chi connectivity index (χ0) is 20.2. The van der Waals surface area contributed by atoms with E-state index >= 15 is 0 Å². The van der Waals surface area contributed by atoms with Crippen LogP contribution in [-0.2, 0) is 0 Å². The Morgan fingerprint density at radius 1 is 1.03 bits per heavy atom. The minimum atomic E-state index is 0.432. The zero-order valence-electron chi connectivity index (χ0n) is 16.2. The number of methoxy groups -OCH3 is 1. The van der Waals surface area contributed by atoms with Gasteiger partial charge in [-0.1, -0.05) is 18.2 Å². The van der Waals surface area contributed by atoms with Crippen LogP contribution in [0.25, 0.3) is 27.8 Å². The van der Waals surface area contributed by atoms with Crippen molar-refractivity contribution in [1.82, 2.24) is 14.5 Å². The third-order valence-corrected chi connectivity index (χ3v) is 4.71. The van der Waals surface area contributed by atoms with E-state index in [0.717, 1.165) is 45.8 Å². The summed E-state index contributed by atoms with van der Waals surface area (Å²) in [6.45, 7) is 1.18. The van der Waals surface area contributed by atoms with Gasteiger partial charge in [0.1, 0.15) is 23.6 Å². The lowest BCUT2D eigenvalue weighted by Gasteiger charge is -2.09. The first-order chi connectivity index (χ1) is 14.2. The molecule has 0 atom stereocenters. The van der Waals surface area contributed by atoms with E-state index < -0.39 is 0 Å². The summed E-state index contributed by atoms with van der Waals surface area (Å²) in [7, 11) is 1.65. The maximum atomic E-state index is 6.24. The van der Waals surface area contributed by atoms with Crippen molar-refractivity contribution in [2.45, 2.75) is 6.42 Å². The molecule has 7 nitrogen and oxygen atoms in total. The van der Waals surface area contributed by atoms with Crippen molar-refractivity contribution in [2.24, 2.45) is 5.73 Å². The molecule has 0 bridgehead atoms. The quantitative estimate of drug-likeness (QED) is 0.470. The summed E-state index contributed by atoms with van der Waals surface area (Å²) >= 11 is 0. The van der Waals surface area contributed by atoms with Gasteiger partial charge >= 0.3 is 0 Å². The monoisotopic (exact) mass is 389 g/mol. The van der Waals surface area contributed by atoms with E-state index in [4.69, 9.17) is 20.9 Å². The molecular weight excluding hydrogens is 366 g/mol. The topological polar surface area (TPSA) is 101 Å². The van der Waals surface area contributed by atoms with E-state index in [0.29, 0.717) is 19.0 Å². The minimum Gasteiger partial charge on any atom is -0.497 e. The lowest BCUT2D eigenvalue weighted by atomic mass is 10.1. The number of hydrogen-bond donors (Lipinski definition) is 2. The molecule has 4 N–H and O–H groups in total. The van der Waals surface area contributed by atoms with Crippen molar-refractivity contribution in [1.29, 1.82) is 0 Å². The maximum absolute atomic E-state index is 6.24. The Morgan fingerprint density at radius 3 is 2.69 bits per heavy atom. The molecule has 0 aliphatic heterocycles. The van der Waals surface area contributed by atoms with Gasteiger partial charge in [0.15, 0.2) is 5.65 Å². The number of fused-ring (bicyclic) bond motifs is 1. The van der Waals surface area contributed by atoms with Crippen LogP contribution < -0.4 is 20.9 Å². The van der Waals surface area contributed by atoms with Crippen LogP contribution in [0.3, 0.4) is 0 Å². The van der Waals surface area contributed by atoms with Gasteiger partial charge in [-0.15, -0.1) is 0 Å². The van der Waals surface area contributed by atoms with Crippen molar-refractivity contribution in [3.8, 4) is 28.3 Å². The van der Waals surface area contributed by atoms with Crippen LogP contribution in [0.2, 0.25) is 0 Å². The lowest BCUT2D eigenvalue weighted by Crippen LogP contribution is -2.06. The number of nitrogen functional groups attached to an aromatic ring is 1. The molecule has 2 heterocycles. The van der Waals surface area contributed by atoms with E-state index in [1.54, 1.807) is 7.11 Å². The summed E-state index contributed by atoms with van der Waals surface area (Å²) in [6, 6.07) is 15.7. The molecule has 0 radical (unpaired) electrons. The molecule has 7 heteroatoms. The zero-order valence-corrected chi connectivity index (χ0v) is 16.2. The van der Waals surface area contributed by atoms with Crippen molar-refractivity contribution in [2.75, 3.05) is 26.0 Å². The van der Waals surface area contributed by atoms with Gasteiger partial charge in [0.2, 0.25) is 0 Å². The summed E-state index contributed by atoms with van der Waals surface area (Å²) in [5.41, 5.74) is 15.4. The third kappa shape index (κ3) is 3.72. The number of aromatic nitrogens is 3. The average molecular weight is 389 g/mol. The van der Waals surface area contributed by atoms with Gasteiger partial charge in [0.05, 0.1) is 24.8 Å². The van der Waals surface area contributed by atoms with Gasteiger partial charge in [-0.05, 0) is 42.8 Å². The Balaban J connectivity index is 1.84. The van der Waals surface area contributed by atoms with E-state index in [9.17, 15) is 0 Å². The van der Waals surface area contributed by atoms with E-state index in [-0.39, 0.29) is 0 Å². The van der Waals surface area contributed by atoms with E-state index in [2.05, 4.69) is 9.97 Å². The smallest absolute Gasteiger partial charge is 0.150 e. The molecule has 2 aromatic heterocycles. The molecule has 148 valence electrons. The highest BCUT2D eigenvalue weighted by atomic mass is 16.5. The number of benzene rings is 2. The number of anilines is 1. The van der Waals surface area contributed by atoms with Crippen LogP contribution in [0, 0.1) is 0 Å². The SMILES string of the molecule is COc1cccc(-c2cn(-c3cccc(OCCCN)c3)c3ncnc(N)c23)c1. The van der Waals surface area contributed by atoms with Crippen LogP contribution in [-0.4, -0.2) is 34.8 Å². The van der Waals surface area contributed by atoms with Crippen molar-refractivity contribution in [3.63, 3.8) is 0 Å². The molecule has 0 aliphatic carbocycles. The van der Waals surface area contributed by atoms with Gasteiger partial charge in [0, 0.05) is 17.8 Å². The summed E-state index contributed by atoms with van der Waals surface area (Å²) in [4.78, 5) is 8.69. The second kappa shape index (κ2) is 8.20. The van der Waals surface area contributed by atoms with Gasteiger partial charge < -0.3 is 25.5 Å². The fourth-order valence-electron chi connectivity index (χ4n) is 3.29.